The molecule has 1 atom stereocenters. The second-order valence-corrected chi connectivity index (χ2v) is 7.89. The largest absolute Gasteiger partial charge is 0.356 e. The van der Waals surface area contributed by atoms with Crippen LogP contribution in [-0.2, 0) is 14.8 Å². The quantitative estimate of drug-likeness (QED) is 0.732. The number of nitrogens with two attached hydrogens (primary N) is 1. The number of aryl methyl sites for hydroxylation is 1. The van der Waals surface area contributed by atoms with E-state index in [4.69, 9.17) is 5.73 Å². The van der Waals surface area contributed by atoms with Gasteiger partial charge in [0.15, 0.2) is 0 Å². The molecule has 1 saturated heterocycles. The molecule has 24 heavy (non-hydrogen) atoms. The molecule has 1 aliphatic rings. The fraction of sp³-hybridized carbons (Fsp3) is 0.562. The Balaban J connectivity index is 0.00000288. The summed E-state index contributed by atoms with van der Waals surface area (Å²) in [6.45, 7) is 3.68. The highest BCUT2D eigenvalue weighted by Gasteiger charge is 2.33. The summed E-state index contributed by atoms with van der Waals surface area (Å²) in [4.78, 5) is 12.4. The lowest BCUT2D eigenvalue weighted by atomic mass is 9.99. The molecule has 0 aliphatic carbocycles. The van der Waals surface area contributed by atoms with Gasteiger partial charge in [-0.05, 0) is 44.9 Å². The minimum Gasteiger partial charge on any atom is -0.356 e. The molecule has 1 heterocycles. The number of sulfonamides is 1. The van der Waals surface area contributed by atoms with Crippen molar-refractivity contribution in [3.05, 3.63) is 29.8 Å². The van der Waals surface area contributed by atoms with Gasteiger partial charge in [-0.1, -0.05) is 17.7 Å². The van der Waals surface area contributed by atoms with Crippen LogP contribution in [0.2, 0.25) is 0 Å². The van der Waals surface area contributed by atoms with E-state index in [1.54, 1.807) is 24.3 Å². The van der Waals surface area contributed by atoms with E-state index >= 15 is 0 Å². The van der Waals surface area contributed by atoms with Gasteiger partial charge in [-0.2, -0.15) is 4.31 Å². The maximum absolute atomic E-state index is 12.7. The third kappa shape index (κ3) is 5.17. The van der Waals surface area contributed by atoms with E-state index in [0.717, 1.165) is 12.0 Å². The van der Waals surface area contributed by atoms with Gasteiger partial charge in [-0.25, -0.2) is 8.42 Å². The Morgan fingerprint density at radius 3 is 2.62 bits per heavy atom. The first-order valence-corrected chi connectivity index (χ1v) is 9.44. The minimum absolute atomic E-state index is 0. The number of carbonyl (C=O) groups excluding carboxylic acids is 1. The van der Waals surface area contributed by atoms with Gasteiger partial charge < -0.3 is 11.1 Å². The number of halogens is 1. The molecule has 0 radical (unpaired) electrons. The number of amides is 1. The van der Waals surface area contributed by atoms with Crippen molar-refractivity contribution in [3.63, 3.8) is 0 Å². The molecular formula is C16H26ClN3O3S. The van der Waals surface area contributed by atoms with E-state index in [0.29, 0.717) is 32.5 Å². The molecule has 1 amide bonds. The lowest BCUT2D eigenvalue weighted by Gasteiger charge is -2.31. The van der Waals surface area contributed by atoms with Gasteiger partial charge in [0.1, 0.15) is 0 Å². The first-order chi connectivity index (χ1) is 10.9. The molecular weight excluding hydrogens is 350 g/mol. The van der Waals surface area contributed by atoms with Gasteiger partial charge in [0.05, 0.1) is 10.8 Å². The van der Waals surface area contributed by atoms with Crippen LogP contribution in [0, 0.1) is 12.8 Å². The normalized spacial score (nSPS) is 18.7. The first kappa shape index (κ1) is 20.9. The Labute approximate surface area is 150 Å². The molecule has 1 aromatic rings. The number of piperidine rings is 1. The molecule has 136 valence electrons. The summed E-state index contributed by atoms with van der Waals surface area (Å²) in [5.41, 5.74) is 6.42. The summed E-state index contributed by atoms with van der Waals surface area (Å²) < 4.78 is 26.8. The SMILES string of the molecule is Cc1ccc(S(=O)(=O)N2CCCC(C(=O)NCCCN)C2)cc1.Cl. The van der Waals surface area contributed by atoms with Crippen molar-refractivity contribution in [2.75, 3.05) is 26.2 Å². The maximum Gasteiger partial charge on any atom is 0.243 e. The number of hydrogen-bond donors (Lipinski definition) is 2. The number of carbonyl (C=O) groups is 1. The third-order valence-electron chi connectivity index (χ3n) is 4.09. The average molecular weight is 376 g/mol. The fourth-order valence-electron chi connectivity index (χ4n) is 2.69. The second-order valence-electron chi connectivity index (χ2n) is 5.95. The van der Waals surface area contributed by atoms with Gasteiger partial charge in [0.25, 0.3) is 0 Å². The zero-order chi connectivity index (χ0) is 16.9. The zero-order valence-corrected chi connectivity index (χ0v) is 15.5. The molecule has 0 saturated carbocycles. The van der Waals surface area contributed by atoms with Crippen LogP contribution in [0.5, 0.6) is 0 Å². The Kier molecular flexibility index (Phi) is 8.15. The predicted molar refractivity (Wildman–Crippen MR) is 96.6 cm³/mol. The Hall–Kier alpha value is -1.15. The van der Waals surface area contributed by atoms with Crippen LogP contribution in [0.25, 0.3) is 0 Å². The Bertz CT molecular complexity index is 634. The van der Waals surface area contributed by atoms with Crippen molar-refractivity contribution < 1.29 is 13.2 Å². The summed E-state index contributed by atoms with van der Waals surface area (Å²) in [6, 6.07) is 6.81. The van der Waals surface area contributed by atoms with Gasteiger partial charge in [-0.15, -0.1) is 12.4 Å². The van der Waals surface area contributed by atoms with Gasteiger partial charge >= 0.3 is 0 Å². The zero-order valence-electron chi connectivity index (χ0n) is 13.9. The second kappa shape index (κ2) is 9.36. The van der Waals surface area contributed by atoms with Gasteiger partial charge in [0, 0.05) is 19.6 Å². The standard InChI is InChI=1S/C16H25N3O3S.ClH/c1-13-5-7-15(8-6-13)23(21,22)19-11-2-4-14(12-19)16(20)18-10-3-9-17;/h5-8,14H,2-4,9-12,17H2,1H3,(H,18,20);1H. The van der Waals surface area contributed by atoms with E-state index in [2.05, 4.69) is 5.32 Å². The molecule has 0 aromatic heterocycles. The smallest absolute Gasteiger partial charge is 0.243 e. The van der Waals surface area contributed by atoms with Crippen molar-refractivity contribution in [1.82, 2.24) is 9.62 Å². The third-order valence-corrected chi connectivity index (χ3v) is 5.97. The molecule has 8 heteroatoms. The topological polar surface area (TPSA) is 92.5 Å². The van der Waals surface area contributed by atoms with E-state index < -0.39 is 10.0 Å². The molecule has 0 spiro atoms. The fourth-order valence-corrected chi connectivity index (χ4v) is 4.22. The summed E-state index contributed by atoms with van der Waals surface area (Å²) in [5.74, 6) is -0.371. The lowest BCUT2D eigenvalue weighted by Crippen LogP contribution is -2.45. The highest BCUT2D eigenvalue weighted by atomic mass is 35.5. The van der Waals surface area contributed by atoms with E-state index in [1.165, 1.54) is 4.31 Å². The summed E-state index contributed by atoms with van der Waals surface area (Å²) in [7, 11) is -3.54. The van der Waals surface area contributed by atoms with Crippen molar-refractivity contribution in [2.45, 2.75) is 31.1 Å². The van der Waals surface area contributed by atoms with Gasteiger partial charge in [-0.3, -0.25) is 4.79 Å². The van der Waals surface area contributed by atoms with Crippen molar-refractivity contribution >= 4 is 28.3 Å². The number of hydrogen-bond acceptors (Lipinski definition) is 4. The van der Waals surface area contributed by atoms with Crippen LogP contribution in [0.1, 0.15) is 24.8 Å². The summed E-state index contributed by atoms with van der Waals surface area (Å²) >= 11 is 0. The van der Waals surface area contributed by atoms with Crippen LogP contribution in [0.15, 0.2) is 29.2 Å². The molecule has 1 unspecified atom stereocenters. The molecule has 0 bridgehead atoms. The van der Waals surface area contributed by atoms with E-state index in [1.807, 2.05) is 6.92 Å². The summed E-state index contributed by atoms with van der Waals surface area (Å²) in [6.07, 6.45) is 2.14. The van der Waals surface area contributed by atoms with E-state index in [9.17, 15) is 13.2 Å². The van der Waals surface area contributed by atoms with E-state index in [-0.39, 0.29) is 35.7 Å². The Morgan fingerprint density at radius 1 is 1.33 bits per heavy atom. The summed E-state index contributed by atoms with van der Waals surface area (Å²) in [5, 5.41) is 2.83. The number of nitrogens with zero attached hydrogens (tertiary/aromatic N) is 1. The molecule has 3 N–H and O–H groups in total. The van der Waals surface area contributed by atoms with Crippen molar-refractivity contribution in [2.24, 2.45) is 11.7 Å². The minimum atomic E-state index is -3.54. The van der Waals surface area contributed by atoms with Crippen molar-refractivity contribution in [1.29, 1.82) is 0 Å². The van der Waals surface area contributed by atoms with Gasteiger partial charge in [0.2, 0.25) is 15.9 Å². The lowest BCUT2D eigenvalue weighted by molar-refractivity contribution is -0.126. The molecule has 2 rings (SSSR count). The highest BCUT2D eigenvalue weighted by Crippen LogP contribution is 2.24. The molecule has 1 aliphatic heterocycles. The van der Waals surface area contributed by atoms with Crippen LogP contribution in [-0.4, -0.2) is 44.8 Å². The average Bonchev–Trinajstić information content (AvgIpc) is 2.55. The number of rotatable bonds is 6. The monoisotopic (exact) mass is 375 g/mol. The maximum atomic E-state index is 12.7. The molecule has 1 aromatic carbocycles. The molecule has 1 fully saturated rings. The number of benzene rings is 1. The predicted octanol–water partition coefficient (Wildman–Crippen LogP) is 1.28. The van der Waals surface area contributed by atoms with Crippen LogP contribution < -0.4 is 11.1 Å². The highest BCUT2D eigenvalue weighted by molar-refractivity contribution is 7.89. The molecule has 6 nitrogen and oxygen atoms in total. The van der Waals surface area contributed by atoms with Crippen molar-refractivity contribution in [3.8, 4) is 0 Å². The number of nitrogens with one attached hydrogen (secondary N) is 1. The van der Waals surface area contributed by atoms with Crippen LogP contribution >= 0.6 is 12.4 Å². The van der Waals surface area contributed by atoms with Crippen LogP contribution in [0.3, 0.4) is 0 Å². The first-order valence-electron chi connectivity index (χ1n) is 7.99. The van der Waals surface area contributed by atoms with Crippen LogP contribution in [0.4, 0.5) is 0 Å². The Morgan fingerprint density at radius 2 is 2.00 bits per heavy atom.